The number of piperazine rings is 1. The van der Waals surface area contributed by atoms with Crippen molar-refractivity contribution in [2.24, 2.45) is 5.92 Å². The lowest BCUT2D eigenvalue weighted by atomic mass is 10.00. The molecule has 2 rings (SSSR count). The normalized spacial score (nSPS) is 18.5. The summed E-state index contributed by atoms with van der Waals surface area (Å²) >= 11 is 0. The van der Waals surface area contributed by atoms with E-state index in [1.807, 2.05) is 13.8 Å². The van der Waals surface area contributed by atoms with Gasteiger partial charge in [0.1, 0.15) is 18.3 Å². The minimum atomic E-state index is -0.447. The van der Waals surface area contributed by atoms with Crippen LogP contribution in [0.5, 0.6) is 0 Å². The van der Waals surface area contributed by atoms with Gasteiger partial charge in [-0.15, -0.1) is 5.10 Å². The van der Waals surface area contributed by atoms with Crippen LogP contribution in [-0.4, -0.2) is 56.6 Å². The lowest BCUT2D eigenvalue weighted by molar-refractivity contribution is -0.144. The molecule has 0 radical (unpaired) electrons. The summed E-state index contributed by atoms with van der Waals surface area (Å²) in [7, 11) is 0. The van der Waals surface area contributed by atoms with E-state index in [0.29, 0.717) is 25.4 Å². The van der Waals surface area contributed by atoms with Crippen molar-refractivity contribution < 1.29 is 14.4 Å². The van der Waals surface area contributed by atoms with Crippen LogP contribution in [-0.2, 0) is 16.1 Å². The Hall–Kier alpha value is -2.25. The molecule has 8 nitrogen and oxygen atoms in total. The number of amides is 2. The van der Waals surface area contributed by atoms with Gasteiger partial charge < -0.3 is 10.2 Å². The van der Waals surface area contributed by atoms with Gasteiger partial charge in [0.2, 0.25) is 11.8 Å². The second kappa shape index (κ2) is 6.67. The van der Waals surface area contributed by atoms with E-state index in [1.54, 1.807) is 4.90 Å². The Morgan fingerprint density at radius 3 is 2.77 bits per heavy atom. The quantitative estimate of drug-likeness (QED) is 0.763. The fourth-order valence-electron chi connectivity index (χ4n) is 2.46. The summed E-state index contributed by atoms with van der Waals surface area (Å²) in [6, 6.07) is -0.447. The Morgan fingerprint density at radius 2 is 2.18 bits per heavy atom. The highest BCUT2D eigenvalue weighted by atomic mass is 16.2. The van der Waals surface area contributed by atoms with Crippen molar-refractivity contribution in [1.82, 2.24) is 25.2 Å². The van der Waals surface area contributed by atoms with Crippen molar-refractivity contribution in [1.29, 1.82) is 0 Å². The van der Waals surface area contributed by atoms with E-state index in [9.17, 15) is 14.4 Å². The van der Waals surface area contributed by atoms with Crippen molar-refractivity contribution in [3.63, 3.8) is 0 Å². The molecule has 2 amide bonds. The molecule has 1 aromatic heterocycles. The average molecular weight is 307 g/mol. The van der Waals surface area contributed by atoms with Gasteiger partial charge in [0.15, 0.2) is 5.78 Å². The first-order chi connectivity index (χ1) is 10.4. The fraction of sp³-hybridized carbons (Fsp3) is 0.643. The summed E-state index contributed by atoms with van der Waals surface area (Å²) in [4.78, 5) is 37.3. The topological polar surface area (TPSA) is 97.2 Å². The van der Waals surface area contributed by atoms with E-state index < -0.39 is 6.04 Å². The molecule has 0 spiro atoms. The molecule has 0 aliphatic carbocycles. The molecule has 1 aliphatic rings. The van der Waals surface area contributed by atoms with Crippen LogP contribution in [0, 0.1) is 5.92 Å². The number of ketones is 1. The third-order valence-electron chi connectivity index (χ3n) is 3.54. The highest BCUT2D eigenvalue weighted by Gasteiger charge is 2.33. The molecular weight excluding hydrogens is 286 g/mol. The fourth-order valence-corrected chi connectivity index (χ4v) is 2.46. The Kier molecular flexibility index (Phi) is 4.89. The van der Waals surface area contributed by atoms with Crippen molar-refractivity contribution in [2.75, 3.05) is 13.1 Å². The standard InChI is InChI=1S/C14H21N5O3/c1-9(2)6-12-14(22)15-4-5-19(12)13(21)8-18-7-11(10(3)20)16-17-18/h7,9,12H,4-6,8H2,1-3H3,(H,15,22)/t12-/m1/s1. The maximum atomic E-state index is 12.5. The van der Waals surface area contributed by atoms with E-state index in [1.165, 1.54) is 17.8 Å². The molecule has 1 N–H and O–H groups in total. The second-order valence-electron chi connectivity index (χ2n) is 5.88. The van der Waals surface area contributed by atoms with Gasteiger partial charge in [0.25, 0.3) is 0 Å². The van der Waals surface area contributed by atoms with Gasteiger partial charge in [-0.05, 0) is 12.3 Å². The molecule has 0 aromatic carbocycles. The third kappa shape index (κ3) is 3.69. The molecule has 1 fully saturated rings. The molecule has 22 heavy (non-hydrogen) atoms. The first kappa shape index (κ1) is 16.1. The number of nitrogens with zero attached hydrogens (tertiary/aromatic N) is 4. The van der Waals surface area contributed by atoms with Crippen LogP contribution in [0.15, 0.2) is 6.20 Å². The van der Waals surface area contributed by atoms with Gasteiger partial charge in [-0.3, -0.25) is 14.4 Å². The molecule has 2 heterocycles. The maximum Gasteiger partial charge on any atom is 0.245 e. The molecular formula is C14H21N5O3. The summed E-state index contributed by atoms with van der Waals surface area (Å²) < 4.78 is 1.33. The summed E-state index contributed by atoms with van der Waals surface area (Å²) in [5.74, 6) is -0.203. The smallest absolute Gasteiger partial charge is 0.245 e. The Labute approximate surface area is 128 Å². The van der Waals surface area contributed by atoms with Crippen LogP contribution < -0.4 is 5.32 Å². The summed E-state index contributed by atoms with van der Waals surface area (Å²) in [5, 5.41) is 10.3. The zero-order valence-corrected chi connectivity index (χ0v) is 13.1. The highest BCUT2D eigenvalue weighted by Crippen LogP contribution is 2.15. The highest BCUT2D eigenvalue weighted by molar-refractivity contribution is 5.92. The van der Waals surface area contributed by atoms with Crippen molar-refractivity contribution in [2.45, 2.75) is 39.8 Å². The zero-order chi connectivity index (χ0) is 16.3. The van der Waals surface area contributed by atoms with E-state index >= 15 is 0 Å². The Balaban J connectivity index is 2.08. The molecule has 0 unspecified atom stereocenters. The number of Topliss-reactive ketones (excluding diaryl/α,β-unsaturated/α-hetero) is 1. The summed E-state index contributed by atoms with van der Waals surface area (Å²) in [5.41, 5.74) is 0.225. The molecule has 1 atom stereocenters. The molecule has 0 bridgehead atoms. The van der Waals surface area contributed by atoms with E-state index in [4.69, 9.17) is 0 Å². The van der Waals surface area contributed by atoms with Crippen LogP contribution >= 0.6 is 0 Å². The summed E-state index contributed by atoms with van der Waals surface area (Å²) in [6.07, 6.45) is 2.06. The van der Waals surface area contributed by atoms with Crippen molar-refractivity contribution >= 4 is 17.6 Å². The van der Waals surface area contributed by atoms with Crippen molar-refractivity contribution in [3.05, 3.63) is 11.9 Å². The minimum Gasteiger partial charge on any atom is -0.353 e. The van der Waals surface area contributed by atoms with E-state index in [2.05, 4.69) is 15.6 Å². The SMILES string of the molecule is CC(=O)c1cn(CC(=O)N2CCNC(=O)[C@H]2CC(C)C)nn1. The molecule has 0 saturated carbocycles. The number of carbonyl (C=O) groups excluding carboxylic acids is 3. The van der Waals surface area contributed by atoms with Gasteiger partial charge >= 0.3 is 0 Å². The number of carbonyl (C=O) groups is 3. The minimum absolute atomic E-state index is 0.0256. The zero-order valence-electron chi connectivity index (χ0n) is 13.1. The van der Waals surface area contributed by atoms with Crippen LogP contribution in [0.4, 0.5) is 0 Å². The Bertz CT molecular complexity index is 581. The lowest BCUT2D eigenvalue weighted by Gasteiger charge is -2.35. The summed E-state index contributed by atoms with van der Waals surface area (Å²) in [6.45, 7) is 6.33. The number of aromatic nitrogens is 3. The second-order valence-corrected chi connectivity index (χ2v) is 5.88. The molecule has 120 valence electrons. The van der Waals surface area contributed by atoms with Gasteiger partial charge in [0.05, 0.1) is 6.20 Å². The van der Waals surface area contributed by atoms with Gasteiger partial charge in [-0.1, -0.05) is 19.1 Å². The third-order valence-corrected chi connectivity index (χ3v) is 3.54. The van der Waals surface area contributed by atoms with Gasteiger partial charge in [-0.25, -0.2) is 4.68 Å². The number of nitrogens with one attached hydrogen (secondary N) is 1. The monoisotopic (exact) mass is 307 g/mol. The maximum absolute atomic E-state index is 12.5. The van der Waals surface area contributed by atoms with Crippen LogP contribution in [0.25, 0.3) is 0 Å². The molecule has 1 aromatic rings. The van der Waals surface area contributed by atoms with Crippen LogP contribution in [0.2, 0.25) is 0 Å². The van der Waals surface area contributed by atoms with Crippen LogP contribution in [0.3, 0.4) is 0 Å². The van der Waals surface area contributed by atoms with Gasteiger partial charge in [0, 0.05) is 20.0 Å². The first-order valence-corrected chi connectivity index (χ1v) is 7.36. The lowest BCUT2D eigenvalue weighted by Crippen LogP contribution is -2.58. The van der Waals surface area contributed by atoms with E-state index in [-0.39, 0.29) is 29.8 Å². The number of hydrogen-bond acceptors (Lipinski definition) is 5. The van der Waals surface area contributed by atoms with Crippen molar-refractivity contribution in [3.8, 4) is 0 Å². The first-order valence-electron chi connectivity index (χ1n) is 7.36. The number of rotatable bonds is 5. The molecule has 8 heteroatoms. The largest absolute Gasteiger partial charge is 0.353 e. The van der Waals surface area contributed by atoms with Crippen LogP contribution in [0.1, 0.15) is 37.7 Å². The van der Waals surface area contributed by atoms with E-state index in [0.717, 1.165) is 0 Å². The Morgan fingerprint density at radius 1 is 1.45 bits per heavy atom. The predicted molar refractivity (Wildman–Crippen MR) is 78.0 cm³/mol. The average Bonchev–Trinajstić information content (AvgIpc) is 2.89. The predicted octanol–water partition coefficient (Wildman–Crippen LogP) is -0.146. The van der Waals surface area contributed by atoms with Gasteiger partial charge in [-0.2, -0.15) is 0 Å². The molecule has 1 aliphatic heterocycles. The molecule has 1 saturated heterocycles. The number of hydrogen-bond donors (Lipinski definition) is 1.